The van der Waals surface area contributed by atoms with Gasteiger partial charge < -0.3 is 10.5 Å². The number of hydrogen-bond donors (Lipinski definition) is 1. The number of nitrogen functional groups attached to an aromatic ring is 1. The van der Waals surface area contributed by atoms with Gasteiger partial charge in [0.1, 0.15) is 6.10 Å². The van der Waals surface area contributed by atoms with Crippen LogP contribution < -0.4 is 5.73 Å². The van der Waals surface area contributed by atoms with Gasteiger partial charge in [0.15, 0.2) is 5.78 Å². The monoisotopic (exact) mass is 301 g/mol. The number of ether oxygens (including phenoxy) is 1. The van der Waals surface area contributed by atoms with Gasteiger partial charge in [-0.2, -0.15) is 0 Å². The number of carbonyl (C=O) groups excluding carboxylic acids is 2. The summed E-state index contributed by atoms with van der Waals surface area (Å²) in [7, 11) is 0. The van der Waals surface area contributed by atoms with Gasteiger partial charge in [-0.1, -0.05) is 13.8 Å². The molecule has 1 atom stereocenters. The first-order valence-corrected chi connectivity index (χ1v) is 7.30. The number of hydrogen-bond acceptors (Lipinski definition) is 6. The first kappa shape index (κ1) is 14.7. The van der Waals surface area contributed by atoms with E-state index in [1.807, 2.05) is 13.8 Å². The van der Waals surface area contributed by atoms with Gasteiger partial charge in [0.25, 0.3) is 0 Å². The summed E-state index contributed by atoms with van der Waals surface area (Å²) < 4.78 is 5.39. The van der Waals surface area contributed by atoms with Gasteiger partial charge in [0.05, 0.1) is 17.0 Å². The largest absolute Gasteiger partial charge is 0.462 e. The molecule has 0 radical (unpaired) electrons. The van der Waals surface area contributed by atoms with Crippen LogP contribution in [-0.4, -0.2) is 27.8 Å². The van der Waals surface area contributed by atoms with Gasteiger partial charge in [-0.3, -0.25) is 9.59 Å². The molecule has 0 aliphatic heterocycles. The molecule has 1 heterocycles. The highest BCUT2D eigenvalue weighted by Crippen LogP contribution is 2.50. The molecule has 22 heavy (non-hydrogen) atoms. The summed E-state index contributed by atoms with van der Waals surface area (Å²) in [6.45, 7) is 7.15. The zero-order valence-corrected chi connectivity index (χ0v) is 13.2. The number of nitrogens with two attached hydrogens (primary N) is 1. The number of ketones is 1. The average molecular weight is 301 g/mol. The normalized spacial score (nSPS) is 22.4. The summed E-state index contributed by atoms with van der Waals surface area (Å²) in [6.07, 6.45) is 0.863. The Morgan fingerprint density at radius 1 is 1.36 bits per heavy atom. The Hall–Kier alpha value is -2.24. The lowest BCUT2D eigenvalue weighted by Crippen LogP contribution is -2.32. The van der Waals surface area contributed by atoms with Crippen LogP contribution in [0.15, 0.2) is 5.57 Å². The van der Waals surface area contributed by atoms with Gasteiger partial charge in [0.2, 0.25) is 5.95 Å². The standard InChI is InChI=1S/C16H19N3O3/c1-7-11-13(19-15(17)18-7)10-5-9(22-8(2)20)6-16(3,4)12(10)14(11)21/h9H,5-6H2,1-4H3,(H2,17,18,19). The van der Waals surface area contributed by atoms with Crippen molar-refractivity contribution in [3.8, 4) is 0 Å². The first-order chi connectivity index (χ1) is 10.2. The van der Waals surface area contributed by atoms with Gasteiger partial charge in [-0.15, -0.1) is 0 Å². The minimum absolute atomic E-state index is 0.0197. The smallest absolute Gasteiger partial charge is 0.302 e. The number of rotatable bonds is 1. The van der Waals surface area contributed by atoms with Crippen molar-refractivity contribution in [2.45, 2.75) is 46.6 Å². The minimum atomic E-state index is -0.382. The van der Waals surface area contributed by atoms with E-state index in [-0.39, 0.29) is 29.2 Å². The molecular formula is C16H19N3O3. The number of aromatic nitrogens is 2. The van der Waals surface area contributed by atoms with Crippen LogP contribution in [0.2, 0.25) is 0 Å². The molecule has 6 heteroatoms. The molecule has 116 valence electrons. The third-order valence-electron chi connectivity index (χ3n) is 4.33. The Balaban J connectivity index is 2.14. The molecule has 1 aromatic rings. The lowest BCUT2D eigenvalue weighted by Gasteiger charge is -2.35. The zero-order valence-electron chi connectivity index (χ0n) is 13.2. The molecule has 0 saturated heterocycles. The number of anilines is 1. The molecule has 2 aliphatic carbocycles. The van der Waals surface area contributed by atoms with Gasteiger partial charge >= 0.3 is 5.97 Å². The predicted octanol–water partition coefficient (Wildman–Crippen LogP) is 2.07. The second kappa shape index (κ2) is 4.63. The fraction of sp³-hybridized carbons (Fsp3) is 0.500. The van der Waals surface area contributed by atoms with Crippen LogP contribution in [-0.2, 0) is 9.53 Å². The summed E-state index contributed by atoms with van der Waals surface area (Å²) in [6, 6.07) is 0. The Labute approximate surface area is 128 Å². The summed E-state index contributed by atoms with van der Waals surface area (Å²) in [4.78, 5) is 32.5. The fourth-order valence-corrected chi connectivity index (χ4v) is 3.67. The van der Waals surface area contributed by atoms with E-state index in [1.165, 1.54) is 6.92 Å². The van der Waals surface area contributed by atoms with E-state index in [0.29, 0.717) is 29.8 Å². The summed E-state index contributed by atoms with van der Waals surface area (Å²) >= 11 is 0. The lowest BCUT2D eigenvalue weighted by molar-refractivity contribution is -0.147. The third-order valence-corrected chi connectivity index (χ3v) is 4.33. The summed E-state index contributed by atoms with van der Waals surface area (Å²) in [5, 5.41) is 0. The number of allylic oxidation sites excluding steroid dienone is 1. The highest BCUT2D eigenvalue weighted by molar-refractivity contribution is 6.21. The molecule has 6 nitrogen and oxygen atoms in total. The van der Waals surface area contributed by atoms with Crippen LogP contribution in [0.5, 0.6) is 0 Å². The molecule has 2 N–H and O–H groups in total. The number of carbonyl (C=O) groups is 2. The van der Waals surface area contributed by atoms with Crippen molar-refractivity contribution < 1.29 is 14.3 Å². The summed E-state index contributed by atoms with van der Waals surface area (Å²) in [5.41, 5.74) is 8.71. The van der Waals surface area contributed by atoms with Crippen LogP contribution in [0.3, 0.4) is 0 Å². The van der Waals surface area contributed by atoms with Crippen LogP contribution in [0.4, 0.5) is 5.95 Å². The van der Waals surface area contributed by atoms with E-state index in [2.05, 4.69) is 9.97 Å². The van der Waals surface area contributed by atoms with Crippen LogP contribution >= 0.6 is 0 Å². The van der Waals surface area contributed by atoms with Crippen LogP contribution in [0.1, 0.15) is 55.4 Å². The second-order valence-electron chi connectivity index (χ2n) is 6.60. The van der Waals surface area contributed by atoms with Crippen molar-refractivity contribution in [1.82, 2.24) is 9.97 Å². The number of Topliss-reactive ketones (excluding diaryl/α,β-unsaturated/α-hetero) is 1. The molecule has 0 spiro atoms. The molecule has 0 fully saturated rings. The first-order valence-electron chi connectivity index (χ1n) is 7.30. The SMILES string of the molecule is CC(=O)OC1CC2=C(C(=O)c3c(C)nc(N)nc32)C(C)(C)C1. The van der Waals surface area contributed by atoms with E-state index in [9.17, 15) is 9.59 Å². The van der Waals surface area contributed by atoms with Crippen molar-refractivity contribution in [2.75, 3.05) is 5.73 Å². The van der Waals surface area contributed by atoms with E-state index in [1.54, 1.807) is 6.92 Å². The third kappa shape index (κ3) is 2.10. The van der Waals surface area contributed by atoms with E-state index < -0.39 is 0 Å². The number of fused-ring (bicyclic) bond motifs is 2. The maximum absolute atomic E-state index is 12.8. The Bertz CT molecular complexity index is 734. The van der Waals surface area contributed by atoms with Crippen molar-refractivity contribution in [1.29, 1.82) is 0 Å². The molecule has 1 unspecified atom stereocenters. The highest BCUT2D eigenvalue weighted by Gasteiger charge is 2.46. The highest BCUT2D eigenvalue weighted by atomic mass is 16.5. The number of nitrogens with zero attached hydrogens (tertiary/aromatic N) is 2. The lowest BCUT2D eigenvalue weighted by atomic mass is 9.71. The zero-order chi connectivity index (χ0) is 16.2. The van der Waals surface area contributed by atoms with Crippen molar-refractivity contribution in [2.24, 2.45) is 5.41 Å². The molecule has 0 aromatic carbocycles. The maximum atomic E-state index is 12.8. The van der Waals surface area contributed by atoms with Crippen LogP contribution in [0.25, 0.3) is 5.57 Å². The molecular weight excluding hydrogens is 282 g/mol. The van der Waals surface area contributed by atoms with Crippen LogP contribution in [0, 0.1) is 12.3 Å². The molecule has 0 bridgehead atoms. The predicted molar refractivity (Wildman–Crippen MR) is 81.0 cm³/mol. The van der Waals surface area contributed by atoms with Gasteiger partial charge in [-0.25, -0.2) is 9.97 Å². The Morgan fingerprint density at radius 2 is 2.05 bits per heavy atom. The molecule has 0 saturated carbocycles. The van der Waals surface area contributed by atoms with Crippen molar-refractivity contribution >= 4 is 23.3 Å². The number of aryl methyl sites for hydroxylation is 1. The molecule has 3 rings (SSSR count). The topological polar surface area (TPSA) is 95.2 Å². The van der Waals surface area contributed by atoms with E-state index in [0.717, 1.165) is 11.1 Å². The Kier molecular flexibility index (Phi) is 3.09. The Morgan fingerprint density at radius 3 is 2.68 bits per heavy atom. The van der Waals surface area contributed by atoms with Gasteiger partial charge in [-0.05, 0) is 24.3 Å². The second-order valence-corrected chi connectivity index (χ2v) is 6.60. The van der Waals surface area contributed by atoms with Crippen molar-refractivity contribution in [3.05, 3.63) is 22.5 Å². The molecule has 0 amide bonds. The number of esters is 1. The summed E-state index contributed by atoms with van der Waals surface area (Å²) in [5.74, 6) is -0.174. The average Bonchev–Trinajstić information content (AvgIpc) is 2.61. The van der Waals surface area contributed by atoms with E-state index in [4.69, 9.17) is 10.5 Å². The quantitative estimate of drug-likeness (QED) is 0.798. The maximum Gasteiger partial charge on any atom is 0.302 e. The van der Waals surface area contributed by atoms with E-state index >= 15 is 0 Å². The molecule has 1 aromatic heterocycles. The van der Waals surface area contributed by atoms with Crippen molar-refractivity contribution in [3.63, 3.8) is 0 Å². The minimum Gasteiger partial charge on any atom is -0.462 e. The fourth-order valence-electron chi connectivity index (χ4n) is 3.67. The van der Waals surface area contributed by atoms with Gasteiger partial charge in [0, 0.05) is 18.9 Å². The molecule has 2 aliphatic rings.